The number of rotatable bonds is 9. The van der Waals surface area contributed by atoms with Crippen molar-refractivity contribution in [3.8, 4) is 0 Å². The van der Waals surface area contributed by atoms with Gasteiger partial charge in [0, 0.05) is 30.4 Å². The molecule has 0 spiro atoms. The summed E-state index contributed by atoms with van der Waals surface area (Å²) in [5.41, 5.74) is -0.342. The van der Waals surface area contributed by atoms with Gasteiger partial charge in [0.2, 0.25) is 0 Å². The summed E-state index contributed by atoms with van der Waals surface area (Å²) < 4.78 is 18.0. The van der Waals surface area contributed by atoms with Crippen LogP contribution in [0.4, 0.5) is 0 Å². The van der Waals surface area contributed by atoms with Crippen LogP contribution in [-0.4, -0.2) is 40.2 Å². The zero-order valence-electron chi connectivity index (χ0n) is 13.2. The minimum absolute atomic E-state index is 0.218. The highest BCUT2D eigenvalue weighted by molar-refractivity contribution is 7.81. The molecule has 2 atom stereocenters. The third-order valence-corrected chi connectivity index (χ3v) is 8.03. The van der Waals surface area contributed by atoms with Crippen LogP contribution in [0.3, 0.4) is 0 Å². The summed E-state index contributed by atoms with van der Waals surface area (Å²) in [5, 5.41) is 1.13. The molecular formula is C15H26O4SSi. The summed E-state index contributed by atoms with van der Waals surface area (Å²) in [6, 6.07) is 0. The monoisotopic (exact) mass is 330 g/mol. The zero-order valence-corrected chi connectivity index (χ0v) is 15.1. The maximum Gasteiger partial charge on any atom is 0.532 e. The molecular weight excluding hydrogens is 304 g/mol. The van der Waals surface area contributed by atoms with Crippen molar-refractivity contribution in [1.82, 2.24) is 0 Å². The average molecular weight is 331 g/mol. The molecule has 0 aromatic heterocycles. The van der Waals surface area contributed by atoms with Gasteiger partial charge < -0.3 is 13.3 Å². The van der Waals surface area contributed by atoms with E-state index in [0.717, 1.165) is 24.5 Å². The van der Waals surface area contributed by atoms with Gasteiger partial charge in [0.1, 0.15) is 0 Å². The SMILES string of the molecule is CCO[Si](OCC)(OCC)C1=CC2(C(=O)CS)CCC1C2. The van der Waals surface area contributed by atoms with Crippen LogP contribution in [0.15, 0.2) is 11.3 Å². The van der Waals surface area contributed by atoms with Crippen molar-refractivity contribution in [3.05, 3.63) is 11.3 Å². The molecule has 6 heteroatoms. The molecule has 2 aliphatic rings. The first kappa shape index (κ1) is 17.2. The van der Waals surface area contributed by atoms with Gasteiger partial charge in [-0.15, -0.1) is 0 Å². The minimum Gasteiger partial charge on any atom is -0.370 e. The molecule has 1 fully saturated rings. The lowest BCUT2D eigenvalue weighted by molar-refractivity contribution is -0.123. The van der Waals surface area contributed by atoms with Crippen LogP contribution in [0.5, 0.6) is 0 Å². The van der Waals surface area contributed by atoms with Crippen LogP contribution in [-0.2, 0) is 18.1 Å². The standard InChI is InChI=1S/C15H26O4SSi/c1-4-17-21(18-5-2,19-6-3)13-10-15(14(16)11-20)8-7-12(13)9-15/h10,12,20H,4-9,11H2,1-3H3. The number of allylic oxidation sites excluding steroid dienone is 2. The molecule has 21 heavy (non-hydrogen) atoms. The van der Waals surface area contributed by atoms with Crippen molar-refractivity contribution in [3.63, 3.8) is 0 Å². The number of carbonyl (C=O) groups excluding carboxylic acids is 1. The Morgan fingerprint density at radius 1 is 1.29 bits per heavy atom. The third-order valence-electron chi connectivity index (χ3n) is 4.48. The van der Waals surface area contributed by atoms with E-state index >= 15 is 0 Å². The Morgan fingerprint density at radius 3 is 2.33 bits per heavy atom. The van der Waals surface area contributed by atoms with Crippen LogP contribution in [0, 0.1) is 11.3 Å². The summed E-state index contributed by atoms with van der Waals surface area (Å²) >= 11 is 4.18. The van der Waals surface area contributed by atoms with Crippen molar-refractivity contribution in [1.29, 1.82) is 0 Å². The third kappa shape index (κ3) is 3.01. The van der Waals surface area contributed by atoms with E-state index in [-0.39, 0.29) is 11.2 Å². The van der Waals surface area contributed by atoms with E-state index in [0.29, 0.717) is 31.5 Å². The van der Waals surface area contributed by atoms with E-state index in [2.05, 4.69) is 18.7 Å². The first-order valence-electron chi connectivity index (χ1n) is 7.86. The van der Waals surface area contributed by atoms with Gasteiger partial charge in [0.15, 0.2) is 5.78 Å². The lowest BCUT2D eigenvalue weighted by Gasteiger charge is -2.33. The molecule has 2 bridgehead atoms. The second kappa shape index (κ2) is 6.96. The fourth-order valence-electron chi connectivity index (χ4n) is 3.66. The molecule has 2 unspecified atom stereocenters. The van der Waals surface area contributed by atoms with Gasteiger partial charge in [-0.3, -0.25) is 4.79 Å². The molecule has 4 nitrogen and oxygen atoms in total. The van der Waals surface area contributed by atoms with E-state index in [1.165, 1.54) is 0 Å². The van der Waals surface area contributed by atoms with Gasteiger partial charge in [-0.25, -0.2) is 0 Å². The Kier molecular flexibility index (Phi) is 5.70. The predicted octanol–water partition coefficient (Wildman–Crippen LogP) is 2.80. The van der Waals surface area contributed by atoms with Gasteiger partial charge in [0.25, 0.3) is 0 Å². The van der Waals surface area contributed by atoms with Crippen LogP contribution in [0.25, 0.3) is 0 Å². The summed E-state index contributed by atoms with van der Waals surface area (Å²) in [6.45, 7) is 7.56. The second-order valence-electron chi connectivity index (χ2n) is 5.63. The molecule has 0 aromatic carbocycles. The van der Waals surface area contributed by atoms with E-state index in [9.17, 15) is 4.79 Å². The molecule has 0 heterocycles. The number of fused-ring (bicyclic) bond motifs is 2. The molecule has 2 aliphatic carbocycles. The van der Waals surface area contributed by atoms with Crippen molar-refractivity contribution in [2.75, 3.05) is 25.6 Å². The Hall–Kier alpha value is -0.143. The molecule has 1 saturated carbocycles. The molecule has 0 amide bonds. The molecule has 0 radical (unpaired) electrons. The predicted molar refractivity (Wildman–Crippen MR) is 87.3 cm³/mol. The summed E-state index contributed by atoms with van der Waals surface area (Å²) in [4.78, 5) is 12.3. The largest absolute Gasteiger partial charge is 0.532 e. The van der Waals surface area contributed by atoms with Crippen molar-refractivity contribution >= 4 is 27.2 Å². The Bertz CT molecular complexity index is 409. The van der Waals surface area contributed by atoms with E-state index < -0.39 is 8.80 Å². The Morgan fingerprint density at radius 2 is 1.86 bits per heavy atom. The summed E-state index contributed by atoms with van der Waals surface area (Å²) in [6.07, 6.45) is 4.94. The highest BCUT2D eigenvalue weighted by Gasteiger charge is 2.58. The number of hydrogen-bond donors (Lipinski definition) is 1. The van der Waals surface area contributed by atoms with E-state index in [4.69, 9.17) is 13.3 Å². The second-order valence-corrected chi connectivity index (χ2v) is 8.50. The highest BCUT2D eigenvalue weighted by atomic mass is 32.1. The number of Topliss-reactive ketones (excluding diaryl/α,β-unsaturated/α-hetero) is 1. The van der Waals surface area contributed by atoms with Crippen molar-refractivity contribution in [2.24, 2.45) is 11.3 Å². The van der Waals surface area contributed by atoms with Gasteiger partial charge in [-0.2, -0.15) is 12.6 Å². The highest BCUT2D eigenvalue weighted by Crippen LogP contribution is 2.55. The smallest absolute Gasteiger partial charge is 0.370 e. The lowest BCUT2D eigenvalue weighted by atomic mass is 9.84. The summed E-state index contributed by atoms with van der Waals surface area (Å²) in [7, 11) is -2.84. The Balaban J connectivity index is 2.36. The van der Waals surface area contributed by atoms with Gasteiger partial charge in [-0.05, 0) is 46.0 Å². The van der Waals surface area contributed by atoms with Crippen molar-refractivity contribution in [2.45, 2.75) is 40.0 Å². The van der Waals surface area contributed by atoms with Gasteiger partial charge in [-0.1, -0.05) is 6.08 Å². The van der Waals surface area contributed by atoms with Gasteiger partial charge in [0.05, 0.1) is 5.75 Å². The molecule has 0 N–H and O–H groups in total. The number of ketones is 1. The van der Waals surface area contributed by atoms with Crippen LogP contribution < -0.4 is 0 Å². The fourth-order valence-corrected chi connectivity index (χ4v) is 7.07. The first-order valence-corrected chi connectivity index (χ1v) is 10.2. The molecule has 120 valence electrons. The number of carbonyl (C=O) groups is 1. The molecule has 0 aromatic rings. The van der Waals surface area contributed by atoms with Gasteiger partial charge >= 0.3 is 8.80 Å². The zero-order chi connectivity index (χ0) is 15.5. The molecule has 0 aliphatic heterocycles. The fraction of sp³-hybridized carbons (Fsp3) is 0.800. The maximum absolute atomic E-state index is 12.3. The topological polar surface area (TPSA) is 44.8 Å². The number of thiol groups is 1. The Labute approximate surface area is 134 Å². The average Bonchev–Trinajstić information content (AvgIpc) is 3.07. The summed E-state index contributed by atoms with van der Waals surface area (Å²) in [5.74, 6) is 0.879. The minimum atomic E-state index is -2.84. The molecule has 0 saturated heterocycles. The van der Waals surface area contributed by atoms with E-state index in [1.54, 1.807) is 0 Å². The maximum atomic E-state index is 12.3. The quantitative estimate of drug-likeness (QED) is 0.521. The number of hydrogen-bond acceptors (Lipinski definition) is 5. The van der Waals surface area contributed by atoms with E-state index in [1.807, 2.05) is 20.8 Å². The van der Waals surface area contributed by atoms with Crippen LogP contribution in [0.2, 0.25) is 0 Å². The van der Waals surface area contributed by atoms with Crippen LogP contribution in [0.1, 0.15) is 40.0 Å². The normalized spacial score (nSPS) is 28.0. The van der Waals surface area contributed by atoms with Crippen molar-refractivity contribution < 1.29 is 18.1 Å². The molecule has 2 rings (SSSR count). The van der Waals surface area contributed by atoms with Crippen LogP contribution >= 0.6 is 12.6 Å². The lowest BCUT2D eigenvalue weighted by Crippen LogP contribution is -2.50. The first-order chi connectivity index (χ1) is 10.1.